The van der Waals surface area contributed by atoms with E-state index >= 15 is 0 Å². The minimum atomic E-state index is -0.989. The third kappa shape index (κ3) is 3.27. The standard InChI is InChI=1S/C20H24N2O4/c1-3-25-21(23)19-14-15-20(22(24)26-4-2,16-10-6-5-7-11-16)18-13-9-8-12-17(18)19/h5-13,19H,3-4,14-15H2,1-2H3/q-2/t19-,20+/m0/s1. The highest BCUT2D eigenvalue weighted by Crippen LogP contribution is 2.49. The summed E-state index contributed by atoms with van der Waals surface area (Å²) in [5.41, 5.74) is 1.44. The molecule has 0 heterocycles. The molecule has 0 aliphatic heterocycles. The first-order valence-electron chi connectivity index (χ1n) is 8.99. The predicted octanol–water partition coefficient (Wildman–Crippen LogP) is 4.27. The normalized spacial score (nSPS) is 22.6. The van der Waals surface area contributed by atoms with Crippen molar-refractivity contribution >= 4 is 0 Å². The number of benzene rings is 2. The van der Waals surface area contributed by atoms with Crippen molar-refractivity contribution in [1.29, 1.82) is 0 Å². The summed E-state index contributed by atoms with van der Waals surface area (Å²) in [6.07, 6.45) is 0.940. The number of nitrogens with zero attached hydrogens (tertiary/aromatic N) is 2. The van der Waals surface area contributed by atoms with E-state index in [1.54, 1.807) is 13.8 Å². The second-order valence-electron chi connectivity index (χ2n) is 6.25. The minimum absolute atomic E-state index is 0.274. The van der Waals surface area contributed by atoms with Crippen LogP contribution < -0.4 is 0 Å². The van der Waals surface area contributed by atoms with E-state index in [1.807, 2.05) is 54.6 Å². The molecular weight excluding hydrogens is 332 g/mol. The fourth-order valence-electron chi connectivity index (χ4n) is 3.77. The lowest BCUT2D eigenvalue weighted by Gasteiger charge is -2.53. The highest BCUT2D eigenvalue weighted by atomic mass is 16.9. The van der Waals surface area contributed by atoms with Crippen LogP contribution in [0.2, 0.25) is 0 Å². The summed E-state index contributed by atoms with van der Waals surface area (Å²) < 4.78 is 0. The monoisotopic (exact) mass is 356 g/mol. The van der Waals surface area contributed by atoms with Crippen LogP contribution in [0.5, 0.6) is 0 Å². The van der Waals surface area contributed by atoms with Gasteiger partial charge < -0.3 is 20.1 Å². The van der Waals surface area contributed by atoms with Crippen LogP contribution >= 0.6 is 0 Å². The fraction of sp³-hybridized carbons (Fsp3) is 0.400. The molecule has 0 amide bonds. The SMILES string of the molecule is CCON([O-])[C@H]1CC[C@](c2ccccc2)(N([O-])OCC)c2ccccc21. The molecule has 2 aromatic carbocycles. The Morgan fingerprint density at radius 2 is 1.62 bits per heavy atom. The molecule has 0 saturated heterocycles. The van der Waals surface area contributed by atoms with Crippen LogP contribution in [-0.2, 0) is 15.2 Å². The van der Waals surface area contributed by atoms with Gasteiger partial charge in [0.1, 0.15) is 0 Å². The molecule has 6 heteroatoms. The zero-order valence-electron chi connectivity index (χ0n) is 15.1. The maximum Gasteiger partial charge on any atom is 0.0831 e. The summed E-state index contributed by atoms with van der Waals surface area (Å²) >= 11 is 0. The maximum atomic E-state index is 13.1. The molecule has 1 aliphatic carbocycles. The summed E-state index contributed by atoms with van der Waals surface area (Å²) in [5, 5.41) is 26.8. The molecule has 1 aliphatic rings. The van der Waals surface area contributed by atoms with Crippen molar-refractivity contribution in [3.05, 3.63) is 81.7 Å². The van der Waals surface area contributed by atoms with E-state index in [1.165, 1.54) is 0 Å². The van der Waals surface area contributed by atoms with E-state index < -0.39 is 11.6 Å². The summed E-state index contributed by atoms with van der Waals surface area (Å²) in [6.45, 7) is 4.15. The van der Waals surface area contributed by atoms with Crippen LogP contribution in [0, 0.1) is 10.4 Å². The smallest absolute Gasteiger partial charge is 0.0831 e. The van der Waals surface area contributed by atoms with Crippen molar-refractivity contribution in [2.45, 2.75) is 38.3 Å². The Labute approximate surface area is 154 Å². The van der Waals surface area contributed by atoms with E-state index in [9.17, 15) is 10.4 Å². The van der Waals surface area contributed by atoms with Gasteiger partial charge in [-0.1, -0.05) is 54.6 Å². The maximum absolute atomic E-state index is 13.1. The predicted molar refractivity (Wildman–Crippen MR) is 99.3 cm³/mol. The van der Waals surface area contributed by atoms with E-state index in [4.69, 9.17) is 9.68 Å². The highest BCUT2D eigenvalue weighted by molar-refractivity contribution is 5.46. The quantitative estimate of drug-likeness (QED) is 0.690. The van der Waals surface area contributed by atoms with Gasteiger partial charge in [-0.05, 0) is 43.4 Å². The van der Waals surface area contributed by atoms with Crippen LogP contribution in [0.4, 0.5) is 0 Å². The third-order valence-corrected chi connectivity index (χ3v) is 4.87. The molecule has 0 saturated carbocycles. The van der Waals surface area contributed by atoms with Crippen molar-refractivity contribution in [3.8, 4) is 0 Å². The molecule has 140 valence electrons. The second-order valence-corrected chi connectivity index (χ2v) is 6.25. The summed E-state index contributed by atoms with van der Waals surface area (Å²) in [6, 6.07) is 16.7. The first-order chi connectivity index (χ1) is 12.6. The van der Waals surface area contributed by atoms with Crippen molar-refractivity contribution < 1.29 is 9.68 Å². The third-order valence-electron chi connectivity index (χ3n) is 4.87. The number of hydroxylamine groups is 4. The van der Waals surface area contributed by atoms with Crippen molar-refractivity contribution in [2.24, 2.45) is 0 Å². The average Bonchev–Trinajstić information content (AvgIpc) is 2.68. The lowest BCUT2D eigenvalue weighted by atomic mass is 9.71. The topological polar surface area (TPSA) is 71.1 Å². The first kappa shape index (κ1) is 19.0. The van der Waals surface area contributed by atoms with Gasteiger partial charge in [0.05, 0.1) is 18.8 Å². The molecule has 0 radical (unpaired) electrons. The minimum Gasteiger partial charge on any atom is -0.762 e. The number of hydrogen-bond donors (Lipinski definition) is 0. The Hall–Kier alpha value is -1.80. The molecule has 6 nitrogen and oxygen atoms in total. The van der Waals surface area contributed by atoms with Gasteiger partial charge in [0.15, 0.2) is 0 Å². The van der Waals surface area contributed by atoms with Gasteiger partial charge in [0, 0.05) is 6.04 Å². The average molecular weight is 356 g/mol. The zero-order chi connectivity index (χ0) is 18.6. The van der Waals surface area contributed by atoms with Gasteiger partial charge in [-0.2, -0.15) is 0 Å². The summed E-state index contributed by atoms with van der Waals surface area (Å²) in [5.74, 6) is 0. The van der Waals surface area contributed by atoms with Crippen molar-refractivity contribution in [3.63, 3.8) is 0 Å². The van der Waals surface area contributed by atoms with E-state index in [0.717, 1.165) is 16.7 Å². The largest absolute Gasteiger partial charge is 0.762 e. The molecule has 3 rings (SSSR count). The van der Waals surface area contributed by atoms with Crippen LogP contribution in [0.25, 0.3) is 0 Å². The van der Waals surface area contributed by atoms with Crippen molar-refractivity contribution in [2.75, 3.05) is 13.2 Å². The first-order valence-corrected chi connectivity index (χ1v) is 8.99. The number of fused-ring (bicyclic) bond motifs is 1. The number of rotatable bonds is 7. The molecule has 0 bridgehead atoms. The Kier molecular flexibility index (Phi) is 6.03. The molecule has 0 spiro atoms. The molecule has 0 unspecified atom stereocenters. The van der Waals surface area contributed by atoms with Crippen LogP contribution in [0.3, 0.4) is 0 Å². The summed E-state index contributed by atoms with van der Waals surface area (Å²) in [4.78, 5) is 10.6. The molecule has 0 N–H and O–H groups in total. The van der Waals surface area contributed by atoms with Gasteiger partial charge in [-0.15, -0.1) is 0 Å². The second kappa shape index (κ2) is 8.26. The Bertz CT molecular complexity index is 712. The Morgan fingerprint density at radius 3 is 2.31 bits per heavy atom. The Morgan fingerprint density at radius 1 is 0.962 bits per heavy atom. The molecule has 26 heavy (non-hydrogen) atoms. The molecule has 0 aromatic heterocycles. The number of hydrogen-bond acceptors (Lipinski definition) is 6. The lowest BCUT2D eigenvalue weighted by molar-refractivity contribution is -0.190. The lowest BCUT2D eigenvalue weighted by Crippen LogP contribution is -2.48. The van der Waals surface area contributed by atoms with Crippen molar-refractivity contribution in [1.82, 2.24) is 10.5 Å². The van der Waals surface area contributed by atoms with Crippen LogP contribution in [-0.4, -0.2) is 23.7 Å². The molecular formula is C20H24N2O4-2. The molecule has 2 atom stereocenters. The molecule has 2 aromatic rings. The fourth-order valence-corrected chi connectivity index (χ4v) is 3.77. The van der Waals surface area contributed by atoms with Gasteiger partial charge in [-0.3, -0.25) is 5.23 Å². The van der Waals surface area contributed by atoms with E-state index in [0.29, 0.717) is 29.9 Å². The van der Waals surface area contributed by atoms with E-state index in [-0.39, 0.29) is 6.61 Å². The zero-order valence-corrected chi connectivity index (χ0v) is 15.1. The van der Waals surface area contributed by atoms with Gasteiger partial charge in [-0.25, -0.2) is 5.23 Å². The molecule has 0 fully saturated rings. The van der Waals surface area contributed by atoms with Crippen LogP contribution in [0.1, 0.15) is 49.4 Å². The van der Waals surface area contributed by atoms with Gasteiger partial charge in [0.2, 0.25) is 0 Å². The Balaban J connectivity index is 2.14. The van der Waals surface area contributed by atoms with Gasteiger partial charge in [0.25, 0.3) is 0 Å². The summed E-state index contributed by atoms with van der Waals surface area (Å²) in [7, 11) is 0. The highest BCUT2D eigenvalue weighted by Gasteiger charge is 2.43. The van der Waals surface area contributed by atoms with Gasteiger partial charge >= 0.3 is 0 Å². The van der Waals surface area contributed by atoms with Crippen LogP contribution in [0.15, 0.2) is 54.6 Å². The van der Waals surface area contributed by atoms with E-state index in [2.05, 4.69) is 0 Å².